The smallest absolute Gasteiger partial charge is 0.251 e. The molecule has 23 heavy (non-hydrogen) atoms. The number of benzene rings is 1. The number of rotatable bonds is 5. The maximum absolute atomic E-state index is 12.4. The minimum Gasteiger partial charge on any atom is -0.350 e. The number of amides is 2. The Balaban J connectivity index is 0.00000264. The molecule has 0 spiro atoms. The predicted molar refractivity (Wildman–Crippen MR) is 94.2 cm³/mol. The molecule has 128 valence electrons. The van der Waals surface area contributed by atoms with E-state index in [9.17, 15) is 9.59 Å². The zero-order valence-corrected chi connectivity index (χ0v) is 14.8. The second-order valence-corrected chi connectivity index (χ2v) is 6.34. The van der Waals surface area contributed by atoms with Crippen LogP contribution in [0.2, 0.25) is 5.02 Å². The topological polar surface area (TPSA) is 70.2 Å². The number of hydrogen-bond donors (Lipinski definition) is 3. The van der Waals surface area contributed by atoms with Gasteiger partial charge in [0.1, 0.15) is 6.04 Å². The zero-order chi connectivity index (χ0) is 16.1. The molecule has 1 aromatic carbocycles. The molecule has 0 bridgehead atoms. The summed E-state index contributed by atoms with van der Waals surface area (Å²) in [5, 5.41) is 9.58. The molecular weight excluding hydrogens is 337 g/mol. The van der Waals surface area contributed by atoms with Crippen molar-refractivity contribution in [1.29, 1.82) is 0 Å². The van der Waals surface area contributed by atoms with Crippen LogP contribution in [0.15, 0.2) is 24.3 Å². The predicted octanol–water partition coefficient (Wildman–Crippen LogP) is 1.99. The summed E-state index contributed by atoms with van der Waals surface area (Å²) in [6, 6.07) is 6.20. The van der Waals surface area contributed by atoms with Crippen molar-refractivity contribution < 1.29 is 9.59 Å². The van der Waals surface area contributed by atoms with Crippen LogP contribution < -0.4 is 16.0 Å². The zero-order valence-electron chi connectivity index (χ0n) is 13.3. The minimum absolute atomic E-state index is 0. The van der Waals surface area contributed by atoms with Crippen LogP contribution in [0.5, 0.6) is 0 Å². The van der Waals surface area contributed by atoms with Crippen molar-refractivity contribution >= 4 is 35.8 Å². The molecule has 2 rings (SSSR count). The largest absolute Gasteiger partial charge is 0.350 e. The van der Waals surface area contributed by atoms with E-state index in [1.807, 2.05) is 13.8 Å². The second-order valence-electron chi connectivity index (χ2n) is 5.90. The summed E-state index contributed by atoms with van der Waals surface area (Å²) in [6.45, 7) is 5.52. The van der Waals surface area contributed by atoms with Crippen molar-refractivity contribution in [3.63, 3.8) is 0 Å². The second kappa shape index (κ2) is 9.11. The first-order valence-electron chi connectivity index (χ1n) is 7.55. The average Bonchev–Trinajstić information content (AvgIpc) is 2.97. The van der Waals surface area contributed by atoms with Crippen LogP contribution in [0.3, 0.4) is 0 Å². The van der Waals surface area contributed by atoms with Crippen molar-refractivity contribution in [3.8, 4) is 0 Å². The maximum atomic E-state index is 12.4. The van der Waals surface area contributed by atoms with Gasteiger partial charge in [0.05, 0.1) is 0 Å². The lowest BCUT2D eigenvalue weighted by atomic mass is 10.0. The molecule has 7 heteroatoms. The quantitative estimate of drug-likeness (QED) is 0.752. The molecular formula is C16H23Cl2N3O2. The summed E-state index contributed by atoms with van der Waals surface area (Å²) >= 11 is 5.82. The van der Waals surface area contributed by atoms with Crippen LogP contribution in [0.1, 0.15) is 30.6 Å². The standard InChI is InChI=1S/C16H22ClN3O2.ClH/c1-10(2)14(16(22)19-13-7-8-18-9-13)20-15(21)11-3-5-12(17)6-4-11;/h3-6,10,13-14,18H,7-9H2,1-2H3,(H,19,22)(H,20,21);1H. The van der Waals surface area contributed by atoms with Gasteiger partial charge < -0.3 is 16.0 Å². The summed E-state index contributed by atoms with van der Waals surface area (Å²) in [6.07, 6.45) is 0.918. The Morgan fingerprint density at radius 1 is 1.26 bits per heavy atom. The molecule has 1 saturated heterocycles. The van der Waals surface area contributed by atoms with E-state index in [2.05, 4.69) is 16.0 Å². The number of hydrogen-bond acceptors (Lipinski definition) is 3. The molecule has 2 unspecified atom stereocenters. The molecule has 0 aromatic heterocycles. The molecule has 0 aliphatic carbocycles. The Morgan fingerprint density at radius 2 is 1.91 bits per heavy atom. The monoisotopic (exact) mass is 359 g/mol. The average molecular weight is 360 g/mol. The molecule has 1 aromatic rings. The first-order chi connectivity index (χ1) is 10.5. The van der Waals surface area contributed by atoms with Gasteiger partial charge in [-0.25, -0.2) is 0 Å². The van der Waals surface area contributed by atoms with Gasteiger partial charge in [0.2, 0.25) is 5.91 Å². The highest BCUT2D eigenvalue weighted by Crippen LogP contribution is 2.11. The van der Waals surface area contributed by atoms with Crippen LogP contribution >= 0.6 is 24.0 Å². The number of carbonyl (C=O) groups excluding carboxylic acids is 2. The van der Waals surface area contributed by atoms with Gasteiger partial charge in [-0.2, -0.15) is 0 Å². The van der Waals surface area contributed by atoms with Crippen LogP contribution in [0.4, 0.5) is 0 Å². The van der Waals surface area contributed by atoms with Gasteiger partial charge in [0.15, 0.2) is 0 Å². The van der Waals surface area contributed by atoms with Crippen molar-refractivity contribution in [2.75, 3.05) is 13.1 Å². The fourth-order valence-corrected chi connectivity index (χ4v) is 2.56. The summed E-state index contributed by atoms with van der Waals surface area (Å²) in [7, 11) is 0. The molecule has 5 nitrogen and oxygen atoms in total. The Labute approximate surface area is 148 Å². The number of nitrogens with one attached hydrogen (secondary N) is 3. The minimum atomic E-state index is -0.552. The third kappa shape index (κ3) is 5.68. The summed E-state index contributed by atoms with van der Waals surface area (Å²) in [4.78, 5) is 24.7. The molecule has 0 radical (unpaired) electrons. The Kier molecular flexibility index (Phi) is 7.82. The molecule has 1 heterocycles. The van der Waals surface area contributed by atoms with E-state index in [0.717, 1.165) is 19.5 Å². The molecule has 1 aliphatic rings. The summed E-state index contributed by atoms with van der Waals surface area (Å²) < 4.78 is 0. The van der Waals surface area contributed by atoms with E-state index in [1.54, 1.807) is 24.3 Å². The van der Waals surface area contributed by atoms with E-state index >= 15 is 0 Å². The van der Waals surface area contributed by atoms with Crippen LogP contribution in [-0.4, -0.2) is 37.0 Å². The molecule has 3 N–H and O–H groups in total. The fraction of sp³-hybridized carbons (Fsp3) is 0.500. The molecule has 1 fully saturated rings. The lowest BCUT2D eigenvalue weighted by molar-refractivity contribution is -0.124. The number of halogens is 2. The SMILES string of the molecule is CC(C)C(NC(=O)c1ccc(Cl)cc1)C(=O)NC1CCNC1.Cl. The van der Waals surface area contributed by atoms with Gasteiger partial charge in [0.25, 0.3) is 5.91 Å². The Bertz CT molecular complexity index is 529. The molecule has 0 saturated carbocycles. The fourth-order valence-electron chi connectivity index (χ4n) is 2.43. The summed E-state index contributed by atoms with van der Waals surface area (Å²) in [5.41, 5.74) is 0.491. The third-order valence-electron chi connectivity index (χ3n) is 3.75. The van der Waals surface area contributed by atoms with Gasteiger partial charge >= 0.3 is 0 Å². The highest BCUT2D eigenvalue weighted by molar-refractivity contribution is 6.30. The normalized spacial score (nSPS) is 18.2. The van der Waals surface area contributed by atoms with Gasteiger partial charge in [0, 0.05) is 23.2 Å². The van der Waals surface area contributed by atoms with E-state index in [-0.39, 0.29) is 36.2 Å². The highest BCUT2D eigenvalue weighted by atomic mass is 35.5. The van der Waals surface area contributed by atoms with Crippen molar-refractivity contribution in [2.45, 2.75) is 32.4 Å². The molecule has 2 amide bonds. The first kappa shape index (κ1) is 19.7. The van der Waals surface area contributed by atoms with Gasteiger partial charge in [-0.1, -0.05) is 25.4 Å². The van der Waals surface area contributed by atoms with E-state index in [4.69, 9.17) is 11.6 Å². The van der Waals surface area contributed by atoms with E-state index in [0.29, 0.717) is 10.6 Å². The Hall–Kier alpha value is -1.30. The van der Waals surface area contributed by atoms with E-state index < -0.39 is 6.04 Å². The van der Waals surface area contributed by atoms with E-state index in [1.165, 1.54) is 0 Å². The number of carbonyl (C=O) groups is 2. The third-order valence-corrected chi connectivity index (χ3v) is 4.00. The molecule has 1 aliphatic heterocycles. The highest BCUT2D eigenvalue weighted by Gasteiger charge is 2.27. The maximum Gasteiger partial charge on any atom is 0.251 e. The van der Waals surface area contributed by atoms with Gasteiger partial charge in [-0.3, -0.25) is 9.59 Å². The van der Waals surface area contributed by atoms with Crippen molar-refractivity contribution in [3.05, 3.63) is 34.9 Å². The van der Waals surface area contributed by atoms with Crippen LogP contribution in [0, 0.1) is 5.92 Å². The van der Waals surface area contributed by atoms with Crippen molar-refractivity contribution in [1.82, 2.24) is 16.0 Å². The van der Waals surface area contributed by atoms with Gasteiger partial charge in [-0.15, -0.1) is 12.4 Å². The molecule has 2 atom stereocenters. The van der Waals surface area contributed by atoms with Crippen LogP contribution in [0.25, 0.3) is 0 Å². The lowest BCUT2D eigenvalue weighted by Gasteiger charge is -2.23. The van der Waals surface area contributed by atoms with Crippen LogP contribution in [-0.2, 0) is 4.79 Å². The first-order valence-corrected chi connectivity index (χ1v) is 7.92. The summed E-state index contributed by atoms with van der Waals surface area (Å²) in [5.74, 6) is -0.397. The lowest BCUT2D eigenvalue weighted by Crippen LogP contribution is -2.52. The van der Waals surface area contributed by atoms with Crippen molar-refractivity contribution in [2.24, 2.45) is 5.92 Å². The van der Waals surface area contributed by atoms with Gasteiger partial charge in [-0.05, 0) is 43.1 Å². The Morgan fingerprint density at radius 3 is 2.43 bits per heavy atom.